The summed E-state index contributed by atoms with van der Waals surface area (Å²) in [6.07, 6.45) is 0.640. The zero-order valence-corrected chi connectivity index (χ0v) is 16.1. The van der Waals surface area contributed by atoms with Crippen molar-refractivity contribution in [3.63, 3.8) is 0 Å². The molecule has 0 radical (unpaired) electrons. The lowest BCUT2D eigenvalue weighted by molar-refractivity contribution is -0.119. The minimum absolute atomic E-state index is 0.0102. The summed E-state index contributed by atoms with van der Waals surface area (Å²) in [6, 6.07) is 13.3. The van der Waals surface area contributed by atoms with Crippen molar-refractivity contribution in [2.45, 2.75) is 19.8 Å². The van der Waals surface area contributed by atoms with Gasteiger partial charge in [0.25, 0.3) is 5.91 Å². The Kier molecular flexibility index (Phi) is 6.95. The van der Waals surface area contributed by atoms with Gasteiger partial charge in [-0.2, -0.15) is 0 Å². The number of hydrogen-bond acceptors (Lipinski definition) is 4. The van der Waals surface area contributed by atoms with Crippen LogP contribution in [0.2, 0.25) is 0 Å². The van der Waals surface area contributed by atoms with Gasteiger partial charge in [-0.05, 0) is 36.2 Å². The topological polar surface area (TPSA) is 104 Å². The molecule has 0 fully saturated rings. The minimum Gasteiger partial charge on any atom is -0.359 e. The Hall–Kier alpha value is -2.87. The first-order chi connectivity index (χ1) is 12.8. The average molecular weight is 389 g/mol. The normalized spacial score (nSPS) is 10.9. The maximum atomic E-state index is 12.6. The Morgan fingerprint density at radius 3 is 2.48 bits per heavy atom. The number of hydrogen-bond donors (Lipinski definition) is 3. The van der Waals surface area contributed by atoms with Crippen LogP contribution in [0.15, 0.2) is 48.5 Å². The molecule has 0 aliphatic rings. The molecule has 2 rings (SSSR count). The number of para-hydroxylation sites is 1. The quantitative estimate of drug-likeness (QED) is 0.645. The highest BCUT2D eigenvalue weighted by molar-refractivity contribution is 7.92. The summed E-state index contributed by atoms with van der Waals surface area (Å²) in [6.45, 7) is 1.78. The SMILES string of the molecule is CCCS(=O)(=O)Nc1cccc(C(=O)Nc2ccccc2CC(=O)NC)c1. The Balaban J connectivity index is 2.18. The average Bonchev–Trinajstić information content (AvgIpc) is 2.62. The second kappa shape index (κ2) is 9.18. The summed E-state index contributed by atoms with van der Waals surface area (Å²) in [5.41, 5.74) is 1.85. The molecule has 0 aliphatic carbocycles. The monoisotopic (exact) mass is 389 g/mol. The van der Waals surface area contributed by atoms with Gasteiger partial charge in [0, 0.05) is 24.0 Å². The third-order valence-electron chi connectivity index (χ3n) is 3.77. The van der Waals surface area contributed by atoms with Gasteiger partial charge in [0.1, 0.15) is 0 Å². The first-order valence-electron chi connectivity index (χ1n) is 8.55. The Bertz CT molecular complexity index is 926. The Labute approximate surface area is 159 Å². The minimum atomic E-state index is -3.44. The second-order valence-corrected chi connectivity index (χ2v) is 7.80. The van der Waals surface area contributed by atoms with Crippen LogP contribution in [0.5, 0.6) is 0 Å². The molecule has 0 aliphatic heterocycles. The maximum Gasteiger partial charge on any atom is 0.255 e. The van der Waals surface area contributed by atoms with E-state index in [4.69, 9.17) is 0 Å². The van der Waals surface area contributed by atoms with E-state index in [-0.39, 0.29) is 18.1 Å². The molecule has 0 saturated heterocycles. The van der Waals surface area contributed by atoms with Gasteiger partial charge < -0.3 is 10.6 Å². The summed E-state index contributed by atoms with van der Waals surface area (Å²) < 4.78 is 26.3. The molecule has 0 heterocycles. The number of carbonyl (C=O) groups is 2. The molecule has 0 saturated carbocycles. The van der Waals surface area contributed by atoms with Crippen molar-refractivity contribution in [1.29, 1.82) is 0 Å². The zero-order chi connectivity index (χ0) is 19.9. The molecule has 0 aromatic heterocycles. The van der Waals surface area contributed by atoms with Crippen LogP contribution in [0, 0.1) is 0 Å². The van der Waals surface area contributed by atoms with Gasteiger partial charge >= 0.3 is 0 Å². The summed E-state index contributed by atoms with van der Waals surface area (Å²) >= 11 is 0. The maximum absolute atomic E-state index is 12.6. The number of anilines is 2. The molecule has 2 aromatic rings. The number of benzene rings is 2. The van der Waals surface area contributed by atoms with Gasteiger partial charge in [0.2, 0.25) is 15.9 Å². The van der Waals surface area contributed by atoms with Gasteiger partial charge in [-0.3, -0.25) is 14.3 Å². The van der Waals surface area contributed by atoms with Gasteiger partial charge in [-0.25, -0.2) is 8.42 Å². The predicted octanol–water partition coefficient (Wildman–Crippen LogP) is 2.38. The number of amides is 2. The van der Waals surface area contributed by atoms with Crippen LogP contribution >= 0.6 is 0 Å². The predicted molar refractivity (Wildman–Crippen MR) is 106 cm³/mol. The van der Waals surface area contributed by atoms with Crippen LogP contribution in [0.4, 0.5) is 11.4 Å². The van der Waals surface area contributed by atoms with E-state index in [1.807, 2.05) is 0 Å². The fraction of sp³-hybridized carbons (Fsp3) is 0.263. The first-order valence-corrected chi connectivity index (χ1v) is 10.2. The van der Waals surface area contributed by atoms with Crippen LogP contribution in [0.1, 0.15) is 29.3 Å². The van der Waals surface area contributed by atoms with Gasteiger partial charge in [-0.1, -0.05) is 31.2 Å². The van der Waals surface area contributed by atoms with Crippen LogP contribution < -0.4 is 15.4 Å². The van der Waals surface area contributed by atoms with Crippen LogP contribution in [0.3, 0.4) is 0 Å². The Morgan fingerprint density at radius 1 is 1.04 bits per heavy atom. The van der Waals surface area contributed by atoms with Crippen LogP contribution in [-0.4, -0.2) is 33.0 Å². The van der Waals surface area contributed by atoms with E-state index < -0.39 is 15.9 Å². The number of nitrogens with one attached hydrogen (secondary N) is 3. The van der Waals surface area contributed by atoms with Crippen molar-refractivity contribution >= 4 is 33.2 Å². The lowest BCUT2D eigenvalue weighted by atomic mass is 10.1. The number of carbonyl (C=O) groups excluding carboxylic acids is 2. The molecule has 0 bridgehead atoms. The number of sulfonamides is 1. The summed E-state index contributed by atoms with van der Waals surface area (Å²) in [4.78, 5) is 24.2. The zero-order valence-electron chi connectivity index (χ0n) is 15.3. The largest absolute Gasteiger partial charge is 0.359 e. The van der Waals surface area contributed by atoms with E-state index in [2.05, 4.69) is 15.4 Å². The molecule has 0 atom stereocenters. The lowest BCUT2D eigenvalue weighted by Gasteiger charge is -2.12. The second-order valence-electron chi connectivity index (χ2n) is 5.96. The van der Waals surface area contributed by atoms with Crippen molar-refractivity contribution in [2.75, 3.05) is 22.8 Å². The van der Waals surface area contributed by atoms with Crippen molar-refractivity contribution in [3.05, 3.63) is 59.7 Å². The van der Waals surface area contributed by atoms with E-state index in [1.165, 1.54) is 6.07 Å². The van der Waals surface area contributed by atoms with Gasteiger partial charge in [0.05, 0.1) is 12.2 Å². The molecule has 0 unspecified atom stereocenters. The highest BCUT2D eigenvalue weighted by Crippen LogP contribution is 2.19. The first kappa shape index (κ1) is 20.4. The molecule has 2 amide bonds. The molecule has 27 heavy (non-hydrogen) atoms. The third kappa shape index (κ3) is 6.10. The fourth-order valence-corrected chi connectivity index (χ4v) is 3.60. The highest BCUT2D eigenvalue weighted by Gasteiger charge is 2.13. The fourth-order valence-electron chi connectivity index (χ4n) is 2.48. The van der Waals surface area contributed by atoms with Gasteiger partial charge in [0.15, 0.2) is 0 Å². The number of rotatable bonds is 8. The molecule has 3 N–H and O–H groups in total. The highest BCUT2D eigenvalue weighted by atomic mass is 32.2. The molecule has 2 aromatic carbocycles. The Morgan fingerprint density at radius 2 is 1.78 bits per heavy atom. The van der Waals surface area contributed by atoms with Crippen LogP contribution in [0.25, 0.3) is 0 Å². The molecule has 0 spiro atoms. The molecule has 7 nitrogen and oxygen atoms in total. The van der Waals surface area contributed by atoms with Crippen LogP contribution in [-0.2, 0) is 21.2 Å². The van der Waals surface area contributed by atoms with E-state index >= 15 is 0 Å². The molecular formula is C19H23N3O4S. The standard InChI is InChI=1S/C19H23N3O4S/c1-3-11-27(25,26)22-16-9-6-8-15(12-16)19(24)21-17-10-5-4-7-14(17)13-18(23)20-2/h4-10,12,22H,3,11,13H2,1-2H3,(H,20,23)(H,21,24). The van der Waals surface area contributed by atoms with E-state index in [1.54, 1.807) is 56.4 Å². The summed E-state index contributed by atoms with van der Waals surface area (Å²) in [5.74, 6) is -0.545. The molecule has 8 heteroatoms. The van der Waals surface area contributed by atoms with Crippen molar-refractivity contribution in [3.8, 4) is 0 Å². The van der Waals surface area contributed by atoms with Gasteiger partial charge in [-0.15, -0.1) is 0 Å². The summed E-state index contributed by atoms with van der Waals surface area (Å²) in [5, 5.41) is 5.32. The summed E-state index contributed by atoms with van der Waals surface area (Å²) in [7, 11) is -1.89. The molecular weight excluding hydrogens is 366 g/mol. The van der Waals surface area contributed by atoms with Crippen molar-refractivity contribution < 1.29 is 18.0 Å². The van der Waals surface area contributed by atoms with Crippen molar-refractivity contribution in [1.82, 2.24) is 5.32 Å². The lowest BCUT2D eigenvalue weighted by Crippen LogP contribution is -2.21. The third-order valence-corrected chi connectivity index (χ3v) is 5.26. The van der Waals surface area contributed by atoms with E-state index in [0.29, 0.717) is 28.9 Å². The van der Waals surface area contributed by atoms with Crippen molar-refractivity contribution in [2.24, 2.45) is 0 Å². The number of likely N-dealkylation sites (N-methyl/N-ethyl adjacent to an activating group) is 1. The molecule has 144 valence electrons. The smallest absolute Gasteiger partial charge is 0.255 e. The van der Waals surface area contributed by atoms with E-state index in [0.717, 1.165) is 0 Å². The van der Waals surface area contributed by atoms with E-state index in [9.17, 15) is 18.0 Å².